The van der Waals surface area contributed by atoms with Crippen LogP contribution in [0.3, 0.4) is 0 Å². The smallest absolute Gasteiger partial charge is 0.266 e. The Morgan fingerprint density at radius 1 is 1.03 bits per heavy atom. The molecule has 0 bridgehead atoms. The zero-order valence-corrected chi connectivity index (χ0v) is 16.4. The van der Waals surface area contributed by atoms with Gasteiger partial charge in [0.25, 0.3) is 5.56 Å². The minimum atomic E-state index is -0.491. The van der Waals surface area contributed by atoms with Gasteiger partial charge in [0.2, 0.25) is 5.91 Å². The van der Waals surface area contributed by atoms with Crippen molar-refractivity contribution >= 4 is 5.91 Å². The molecule has 0 N–H and O–H groups in total. The Balaban J connectivity index is 1.25. The summed E-state index contributed by atoms with van der Waals surface area (Å²) in [5.41, 5.74) is 1.87. The number of pyridine rings is 1. The van der Waals surface area contributed by atoms with Crippen LogP contribution in [0.2, 0.25) is 0 Å². The molecule has 0 radical (unpaired) electrons. The Morgan fingerprint density at radius 3 is 2.40 bits per heavy atom. The molecule has 0 spiro atoms. The molecule has 3 heterocycles. The highest BCUT2D eigenvalue weighted by molar-refractivity contribution is 5.91. The Bertz CT molecular complexity index is 1130. The topological polar surface area (TPSA) is 68.1 Å². The van der Waals surface area contributed by atoms with Crippen LogP contribution in [-0.4, -0.2) is 38.7 Å². The fraction of sp³-hybridized carbons (Fsp3) is 0.304. The Morgan fingerprint density at radius 2 is 1.73 bits per heavy atom. The summed E-state index contributed by atoms with van der Waals surface area (Å²) in [6.07, 6.45) is 4.98. The third-order valence-corrected chi connectivity index (χ3v) is 6.07. The minimum Gasteiger partial charge on any atom is -0.341 e. The van der Waals surface area contributed by atoms with E-state index in [-0.39, 0.29) is 23.2 Å². The third-order valence-electron chi connectivity index (χ3n) is 6.07. The Hall–Kier alpha value is -3.35. The number of carbonyl (C=O) groups is 1. The number of halogens is 1. The first-order valence-corrected chi connectivity index (χ1v) is 10.1. The second kappa shape index (κ2) is 7.16. The summed E-state index contributed by atoms with van der Waals surface area (Å²) in [5.74, 6) is 0.00464. The lowest BCUT2D eigenvalue weighted by molar-refractivity contribution is -0.140. The molecule has 2 aromatic heterocycles. The Labute approximate surface area is 173 Å². The van der Waals surface area contributed by atoms with E-state index >= 15 is 0 Å². The summed E-state index contributed by atoms with van der Waals surface area (Å²) in [7, 11) is 0. The maximum absolute atomic E-state index is 13.2. The van der Waals surface area contributed by atoms with Crippen LogP contribution in [0.25, 0.3) is 11.3 Å². The van der Waals surface area contributed by atoms with Crippen molar-refractivity contribution in [1.82, 2.24) is 19.7 Å². The molecular weight excluding hydrogens is 383 g/mol. The molecule has 1 aromatic carbocycles. The van der Waals surface area contributed by atoms with Crippen molar-refractivity contribution in [3.05, 3.63) is 82.7 Å². The van der Waals surface area contributed by atoms with Crippen LogP contribution in [0, 0.1) is 11.7 Å². The van der Waals surface area contributed by atoms with E-state index in [1.54, 1.807) is 30.6 Å². The van der Waals surface area contributed by atoms with Crippen LogP contribution in [0.15, 0.2) is 65.7 Å². The number of hydrogen-bond donors (Lipinski definition) is 0. The summed E-state index contributed by atoms with van der Waals surface area (Å²) in [6.45, 7) is 1.69. The summed E-state index contributed by atoms with van der Waals surface area (Å²) in [5, 5.41) is 4.49. The van der Waals surface area contributed by atoms with Crippen LogP contribution in [0.5, 0.6) is 0 Å². The molecular formula is C23H21FN4O2. The van der Waals surface area contributed by atoms with Crippen LogP contribution in [-0.2, 0) is 16.8 Å². The fourth-order valence-electron chi connectivity index (χ4n) is 4.17. The second-order valence-corrected chi connectivity index (χ2v) is 8.14. The van der Waals surface area contributed by atoms with E-state index in [0.717, 1.165) is 29.7 Å². The largest absolute Gasteiger partial charge is 0.341 e. The lowest BCUT2D eigenvalue weighted by atomic mass is 9.90. The van der Waals surface area contributed by atoms with Crippen molar-refractivity contribution < 1.29 is 9.18 Å². The fourth-order valence-corrected chi connectivity index (χ4v) is 4.17. The zero-order valence-electron chi connectivity index (χ0n) is 16.4. The number of nitrogens with zero attached hydrogens (tertiary/aromatic N) is 4. The number of aromatic nitrogens is 3. The van der Waals surface area contributed by atoms with E-state index in [9.17, 15) is 14.0 Å². The monoisotopic (exact) mass is 404 g/mol. The van der Waals surface area contributed by atoms with Crippen molar-refractivity contribution in [1.29, 1.82) is 0 Å². The van der Waals surface area contributed by atoms with Gasteiger partial charge in [0.05, 0.1) is 17.7 Å². The van der Waals surface area contributed by atoms with Gasteiger partial charge in [-0.05, 0) is 48.7 Å². The third kappa shape index (κ3) is 3.30. The number of carbonyl (C=O) groups excluding carboxylic acids is 1. The van der Waals surface area contributed by atoms with Crippen molar-refractivity contribution in [3.8, 4) is 11.3 Å². The first-order chi connectivity index (χ1) is 14.5. The molecule has 6 nitrogen and oxygen atoms in total. The molecule has 1 aliphatic heterocycles. The molecule has 152 valence electrons. The van der Waals surface area contributed by atoms with Gasteiger partial charge in [0.1, 0.15) is 5.82 Å². The van der Waals surface area contributed by atoms with E-state index < -0.39 is 5.41 Å². The molecule has 3 aromatic rings. The molecule has 1 saturated heterocycles. The average Bonchev–Trinajstić information content (AvgIpc) is 3.54. The van der Waals surface area contributed by atoms with Crippen LogP contribution >= 0.6 is 0 Å². The number of rotatable bonds is 5. The highest BCUT2D eigenvalue weighted by Crippen LogP contribution is 2.50. The molecule has 1 saturated carbocycles. The van der Waals surface area contributed by atoms with Gasteiger partial charge < -0.3 is 4.90 Å². The zero-order chi connectivity index (χ0) is 20.7. The highest BCUT2D eigenvalue weighted by atomic mass is 19.1. The van der Waals surface area contributed by atoms with E-state index in [1.807, 2.05) is 17.0 Å². The molecule has 0 atom stereocenters. The number of amides is 1. The molecule has 5 rings (SSSR count). The molecule has 1 aliphatic carbocycles. The van der Waals surface area contributed by atoms with Gasteiger partial charge in [-0.3, -0.25) is 14.6 Å². The average molecular weight is 404 g/mol. The normalized spacial score (nSPS) is 17.4. The van der Waals surface area contributed by atoms with Crippen LogP contribution in [0.1, 0.15) is 18.4 Å². The lowest BCUT2D eigenvalue weighted by Gasteiger charge is -2.41. The molecule has 0 unspecified atom stereocenters. The molecule has 2 fully saturated rings. The predicted octanol–water partition coefficient (Wildman–Crippen LogP) is 2.63. The van der Waals surface area contributed by atoms with Crippen LogP contribution < -0.4 is 5.56 Å². The molecule has 2 aliphatic rings. The van der Waals surface area contributed by atoms with E-state index in [2.05, 4.69) is 10.1 Å². The summed E-state index contributed by atoms with van der Waals surface area (Å²) in [6, 6.07) is 13.2. The maximum atomic E-state index is 13.2. The Kier molecular flexibility index (Phi) is 4.46. The van der Waals surface area contributed by atoms with Gasteiger partial charge in [-0.2, -0.15) is 5.10 Å². The quantitative estimate of drug-likeness (QED) is 0.656. The van der Waals surface area contributed by atoms with E-state index in [1.165, 1.54) is 22.9 Å². The van der Waals surface area contributed by atoms with Crippen molar-refractivity contribution in [3.63, 3.8) is 0 Å². The van der Waals surface area contributed by atoms with Gasteiger partial charge in [-0.1, -0.05) is 12.1 Å². The molecule has 7 heteroatoms. The molecule has 30 heavy (non-hydrogen) atoms. The number of benzene rings is 1. The minimum absolute atomic E-state index is 0.108. The van der Waals surface area contributed by atoms with Crippen LogP contribution in [0.4, 0.5) is 4.39 Å². The first kappa shape index (κ1) is 18.7. The van der Waals surface area contributed by atoms with Gasteiger partial charge in [0, 0.05) is 43.0 Å². The second-order valence-electron chi connectivity index (χ2n) is 8.14. The molecule has 1 amide bonds. The van der Waals surface area contributed by atoms with Crippen molar-refractivity contribution in [2.75, 3.05) is 13.1 Å². The number of hydrogen-bond acceptors (Lipinski definition) is 4. The number of likely N-dealkylation sites (tertiary alicyclic amines) is 1. The first-order valence-electron chi connectivity index (χ1n) is 10.1. The van der Waals surface area contributed by atoms with Gasteiger partial charge in [0.15, 0.2) is 0 Å². The van der Waals surface area contributed by atoms with Crippen molar-refractivity contribution in [2.24, 2.45) is 5.92 Å². The van der Waals surface area contributed by atoms with Gasteiger partial charge in [-0.15, -0.1) is 0 Å². The van der Waals surface area contributed by atoms with Gasteiger partial charge in [-0.25, -0.2) is 9.07 Å². The van der Waals surface area contributed by atoms with E-state index in [4.69, 9.17) is 0 Å². The summed E-state index contributed by atoms with van der Waals surface area (Å²) in [4.78, 5) is 31.1. The highest BCUT2D eigenvalue weighted by Gasteiger charge is 2.54. The maximum Gasteiger partial charge on any atom is 0.266 e. The van der Waals surface area contributed by atoms with E-state index in [0.29, 0.717) is 19.6 Å². The lowest BCUT2D eigenvalue weighted by Crippen LogP contribution is -2.55. The van der Waals surface area contributed by atoms with Gasteiger partial charge >= 0.3 is 0 Å². The summed E-state index contributed by atoms with van der Waals surface area (Å²) >= 11 is 0. The SMILES string of the molecule is O=C(N1CC(Cn2nc(-c3ccncc3)ccc2=O)C1)C1(c2ccc(F)cc2)CC1. The summed E-state index contributed by atoms with van der Waals surface area (Å²) < 4.78 is 14.7. The predicted molar refractivity (Wildman–Crippen MR) is 109 cm³/mol. The standard InChI is InChI=1S/C23H21FN4O2/c24-19-3-1-18(2-4-19)23(9-10-23)22(30)27-13-16(14-27)15-28-21(29)6-5-20(26-28)17-7-11-25-12-8-17/h1-8,11-12,16H,9-10,13-15H2. The van der Waals surface area contributed by atoms with Crippen molar-refractivity contribution in [2.45, 2.75) is 24.8 Å².